The molecular formula is C16H13N3O2. The molecule has 5 nitrogen and oxygen atoms in total. The molecule has 0 unspecified atom stereocenters. The van der Waals surface area contributed by atoms with E-state index in [4.69, 9.17) is 5.73 Å². The maximum atomic E-state index is 11.6. The lowest BCUT2D eigenvalue weighted by Crippen LogP contribution is -2.12. The van der Waals surface area contributed by atoms with E-state index in [0.29, 0.717) is 27.9 Å². The number of nitrogens with two attached hydrogens (primary N) is 1. The fourth-order valence-corrected chi connectivity index (χ4v) is 2.31. The number of amides is 1. The first-order valence-electron chi connectivity index (χ1n) is 6.39. The highest BCUT2D eigenvalue weighted by Crippen LogP contribution is 2.36. The summed E-state index contributed by atoms with van der Waals surface area (Å²) in [6.07, 6.45) is 1.61. The third-order valence-corrected chi connectivity index (χ3v) is 3.30. The Morgan fingerprint density at radius 2 is 1.67 bits per heavy atom. The molecular weight excluding hydrogens is 266 g/mol. The number of aromatic amines is 1. The summed E-state index contributed by atoms with van der Waals surface area (Å²) in [5, 5.41) is 16.9. The number of carbonyl (C=O) groups is 1. The fourth-order valence-electron chi connectivity index (χ4n) is 2.31. The van der Waals surface area contributed by atoms with Crippen LogP contribution in [0.3, 0.4) is 0 Å². The van der Waals surface area contributed by atoms with E-state index in [0.717, 1.165) is 0 Å². The van der Waals surface area contributed by atoms with Crippen molar-refractivity contribution in [3.63, 3.8) is 0 Å². The van der Waals surface area contributed by atoms with Gasteiger partial charge in [0.25, 0.3) is 0 Å². The van der Waals surface area contributed by atoms with Crippen LogP contribution in [0.4, 0.5) is 0 Å². The van der Waals surface area contributed by atoms with Crippen molar-refractivity contribution in [3.8, 4) is 28.1 Å². The summed E-state index contributed by atoms with van der Waals surface area (Å²) in [5.74, 6) is -0.366. The molecule has 1 amide bonds. The predicted octanol–water partition coefficient (Wildman–Crippen LogP) is 2.55. The predicted molar refractivity (Wildman–Crippen MR) is 79.6 cm³/mol. The van der Waals surface area contributed by atoms with Crippen LogP contribution in [-0.2, 0) is 0 Å². The van der Waals surface area contributed by atoms with Crippen molar-refractivity contribution in [2.45, 2.75) is 0 Å². The van der Waals surface area contributed by atoms with Crippen molar-refractivity contribution in [3.05, 3.63) is 60.3 Å². The fraction of sp³-hybridized carbons (Fsp3) is 0. The van der Waals surface area contributed by atoms with Crippen LogP contribution in [0.2, 0.25) is 0 Å². The number of H-pyrrole nitrogens is 1. The van der Waals surface area contributed by atoms with Gasteiger partial charge in [0.05, 0.1) is 11.9 Å². The minimum Gasteiger partial charge on any atom is -0.507 e. The second-order valence-electron chi connectivity index (χ2n) is 4.59. The molecule has 0 aliphatic heterocycles. The van der Waals surface area contributed by atoms with E-state index in [1.54, 1.807) is 42.6 Å². The van der Waals surface area contributed by atoms with E-state index in [9.17, 15) is 9.90 Å². The van der Waals surface area contributed by atoms with Crippen molar-refractivity contribution in [2.75, 3.05) is 0 Å². The average molecular weight is 279 g/mol. The van der Waals surface area contributed by atoms with E-state index in [2.05, 4.69) is 10.2 Å². The second kappa shape index (κ2) is 5.13. The number of nitrogens with zero attached hydrogens (tertiary/aromatic N) is 1. The van der Waals surface area contributed by atoms with Crippen LogP contribution in [0.5, 0.6) is 5.75 Å². The first kappa shape index (κ1) is 12.9. The quantitative estimate of drug-likeness (QED) is 0.688. The van der Waals surface area contributed by atoms with Crippen molar-refractivity contribution >= 4 is 5.91 Å². The number of aromatic nitrogens is 2. The summed E-state index contributed by atoms with van der Waals surface area (Å²) >= 11 is 0. The molecule has 0 fully saturated rings. The Kier molecular flexibility index (Phi) is 3.16. The van der Waals surface area contributed by atoms with Crippen molar-refractivity contribution in [2.24, 2.45) is 5.73 Å². The Balaban J connectivity index is 2.22. The first-order valence-corrected chi connectivity index (χ1v) is 6.39. The summed E-state index contributed by atoms with van der Waals surface area (Å²) in [5.41, 5.74) is 8.48. The average Bonchev–Trinajstić information content (AvgIpc) is 2.96. The van der Waals surface area contributed by atoms with Gasteiger partial charge in [0.1, 0.15) is 5.75 Å². The maximum Gasteiger partial charge on any atom is 0.249 e. The van der Waals surface area contributed by atoms with Gasteiger partial charge >= 0.3 is 0 Å². The van der Waals surface area contributed by atoms with E-state index in [1.807, 2.05) is 12.1 Å². The molecule has 0 aliphatic carbocycles. The molecule has 2 aromatic carbocycles. The molecule has 5 heteroatoms. The Hall–Kier alpha value is -3.08. The zero-order valence-corrected chi connectivity index (χ0v) is 11.1. The molecule has 3 rings (SSSR count). The number of phenolic OH excluding ortho intramolecular Hbond substituents is 1. The molecule has 0 aliphatic rings. The number of aromatic hydroxyl groups is 1. The molecule has 0 saturated carbocycles. The zero-order valence-electron chi connectivity index (χ0n) is 11.1. The Morgan fingerprint density at radius 1 is 1.00 bits per heavy atom. The van der Waals surface area contributed by atoms with Crippen molar-refractivity contribution < 1.29 is 9.90 Å². The zero-order chi connectivity index (χ0) is 14.8. The molecule has 0 atom stereocenters. The van der Waals surface area contributed by atoms with Gasteiger partial charge in [-0.2, -0.15) is 5.10 Å². The first-order chi connectivity index (χ1) is 10.2. The number of nitrogens with one attached hydrogen (secondary N) is 1. The van der Waals surface area contributed by atoms with Gasteiger partial charge < -0.3 is 10.8 Å². The van der Waals surface area contributed by atoms with Gasteiger partial charge in [-0.05, 0) is 23.8 Å². The van der Waals surface area contributed by atoms with E-state index < -0.39 is 5.91 Å². The third-order valence-electron chi connectivity index (χ3n) is 3.30. The van der Waals surface area contributed by atoms with Crippen LogP contribution < -0.4 is 5.73 Å². The SMILES string of the molecule is NC(=O)c1ccccc1-c1cn[nH]c1-c1ccccc1O. The van der Waals surface area contributed by atoms with Gasteiger partial charge in [0, 0.05) is 16.7 Å². The molecule has 4 N–H and O–H groups in total. The van der Waals surface area contributed by atoms with Crippen LogP contribution in [0.15, 0.2) is 54.7 Å². The van der Waals surface area contributed by atoms with Gasteiger partial charge in [-0.1, -0.05) is 30.3 Å². The normalized spacial score (nSPS) is 10.5. The minimum atomic E-state index is -0.505. The molecule has 104 valence electrons. The number of primary amides is 1. The van der Waals surface area contributed by atoms with Gasteiger partial charge in [-0.3, -0.25) is 9.89 Å². The number of rotatable bonds is 3. The van der Waals surface area contributed by atoms with Crippen LogP contribution in [-0.4, -0.2) is 21.2 Å². The highest BCUT2D eigenvalue weighted by atomic mass is 16.3. The van der Waals surface area contributed by atoms with Gasteiger partial charge in [0.15, 0.2) is 0 Å². The van der Waals surface area contributed by atoms with Crippen LogP contribution in [0.1, 0.15) is 10.4 Å². The highest BCUT2D eigenvalue weighted by Gasteiger charge is 2.17. The molecule has 1 heterocycles. The molecule has 0 bridgehead atoms. The number of hydrogen-bond donors (Lipinski definition) is 3. The molecule has 3 aromatic rings. The summed E-state index contributed by atoms with van der Waals surface area (Å²) in [7, 11) is 0. The number of para-hydroxylation sites is 1. The Bertz CT molecular complexity index is 809. The standard InChI is InChI=1S/C16H13N3O2/c17-16(21)11-6-2-1-5-10(11)13-9-18-19-15(13)12-7-3-4-8-14(12)20/h1-9,20H,(H2,17,21)(H,18,19). The van der Waals surface area contributed by atoms with Gasteiger partial charge in [0.2, 0.25) is 5.91 Å². The lowest BCUT2D eigenvalue weighted by atomic mass is 9.97. The van der Waals surface area contributed by atoms with E-state index in [-0.39, 0.29) is 5.75 Å². The lowest BCUT2D eigenvalue weighted by Gasteiger charge is -2.08. The summed E-state index contributed by atoms with van der Waals surface area (Å²) in [6.45, 7) is 0. The Labute approximate surface area is 121 Å². The molecule has 0 saturated heterocycles. The largest absolute Gasteiger partial charge is 0.507 e. The van der Waals surface area contributed by atoms with Crippen LogP contribution in [0, 0.1) is 0 Å². The number of benzene rings is 2. The van der Waals surface area contributed by atoms with Crippen LogP contribution in [0.25, 0.3) is 22.4 Å². The monoisotopic (exact) mass is 279 g/mol. The molecule has 0 spiro atoms. The Morgan fingerprint density at radius 3 is 2.38 bits per heavy atom. The van der Waals surface area contributed by atoms with Crippen LogP contribution >= 0.6 is 0 Å². The van der Waals surface area contributed by atoms with E-state index >= 15 is 0 Å². The maximum absolute atomic E-state index is 11.6. The number of carbonyl (C=O) groups excluding carboxylic acids is 1. The number of phenols is 1. The summed E-state index contributed by atoms with van der Waals surface area (Å²) in [6, 6.07) is 14.0. The number of hydrogen-bond acceptors (Lipinski definition) is 3. The molecule has 1 aromatic heterocycles. The van der Waals surface area contributed by atoms with E-state index in [1.165, 1.54) is 0 Å². The minimum absolute atomic E-state index is 0.138. The highest BCUT2D eigenvalue weighted by molar-refractivity contribution is 6.01. The molecule has 0 radical (unpaired) electrons. The van der Waals surface area contributed by atoms with Crippen molar-refractivity contribution in [1.29, 1.82) is 0 Å². The smallest absolute Gasteiger partial charge is 0.249 e. The summed E-state index contributed by atoms with van der Waals surface area (Å²) in [4.78, 5) is 11.6. The van der Waals surface area contributed by atoms with Gasteiger partial charge in [-0.25, -0.2) is 0 Å². The van der Waals surface area contributed by atoms with Crippen molar-refractivity contribution in [1.82, 2.24) is 10.2 Å². The lowest BCUT2D eigenvalue weighted by molar-refractivity contribution is 0.100. The van der Waals surface area contributed by atoms with Gasteiger partial charge in [-0.15, -0.1) is 0 Å². The second-order valence-corrected chi connectivity index (χ2v) is 4.59. The topological polar surface area (TPSA) is 92.0 Å². The third kappa shape index (κ3) is 2.25. The summed E-state index contributed by atoms with van der Waals surface area (Å²) < 4.78 is 0. The molecule has 21 heavy (non-hydrogen) atoms.